The summed E-state index contributed by atoms with van der Waals surface area (Å²) in [5, 5.41) is 6.80. The lowest BCUT2D eigenvalue weighted by Crippen LogP contribution is -2.21. The molecule has 2 aromatic rings. The fourth-order valence-electron chi connectivity index (χ4n) is 2.20. The van der Waals surface area contributed by atoms with E-state index in [-0.39, 0.29) is 5.91 Å². The van der Waals surface area contributed by atoms with Gasteiger partial charge in [-0.05, 0) is 37.1 Å². The van der Waals surface area contributed by atoms with E-state index in [1.165, 1.54) is 11.1 Å². The van der Waals surface area contributed by atoms with Gasteiger partial charge in [0.05, 0.1) is 0 Å². The lowest BCUT2D eigenvalue weighted by Gasteiger charge is -2.09. The molecule has 2 rings (SSSR count). The van der Waals surface area contributed by atoms with Crippen LogP contribution in [0.2, 0.25) is 5.02 Å². The van der Waals surface area contributed by atoms with Crippen molar-refractivity contribution < 1.29 is 4.79 Å². The Morgan fingerprint density at radius 3 is 2.73 bits per heavy atom. The molecular weight excluding hydrogens is 296 g/mol. The second kappa shape index (κ2) is 7.97. The second-order valence-corrected chi connectivity index (χ2v) is 5.86. The maximum absolute atomic E-state index is 11.9. The van der Waals surface area contributed by atoms with Crippen molar-refractivity contribution in [2.45, 2.75) is 26.8 Å². The Kier molecular flexibility index (Phi) is 5.99. The quantitative estimate of drug-likeness (QED) is 0.789. The minimum atomic E-state index is -0.0119. The first-order valence-corrected chi connectivity index (χ1v) is 7.74. The number of carbonyl (C=O) groups excluding carboxylic acids is 1. The monoisotopic (exact) mass is 316 g/mol. The van der Waals surface area contributed by atoms with E-state index < -0.39 is 0 Å². The molecule has 0 fully saturated rings. The lowest BCUT2D eigenvalue weighted by atomic mass is 10.1. The topological polar surface area (TPSA) is 41.1 Å². The van der Waals surface area contributed by atoms with Gasteiger partial charge >= 0.3 is 0 Å². The first kappa shape index (κ1) is 16.5. The summed E-state index contributed by atoms with van der Waals surface area (Å²) >= 11 is 5.94. The van der Waals surface area contributed by atoms with Crippen molar-refractivity contribution in [2.24, 2.45) is 0 Å². The molecule has 3 nitrogen and oxygen atoms in total. The minimum absolute atomic E-state index is 0.0119. The van der Waals surface area contributed by atoms with E-state index in [0.29, 0.717) is 18.0 Å². The molecule has 2 aromatic carbocycles. The largest absolute Gasteiger partial charge is 0.326 e. The molecule has 0 aliphatic carbocycles. The first-order valence-electron chi connectivity index (χ1n) is 7.37. The standard InChI is InChI=1S/C18H21ClN2O/c1-13-4-3-5-15(10-13)12-20-9-8-18(22)21-17-11-16(19)7-6-14(17)2/h3-7,10-11,20H,8-9,12H2,1-2H3,(H,21,22). The van der Waals surface area contributed by atoms with Gasteiger partial charge in [-0.3, -0.25) is 4.79 Å². The number of anilines is 1. The molecule has 116 valence electrons. The van der Waals surface area contributed by atoms with E-state index >= 15 is 0 Å². The highest BCUT2D eigenvalue weighted by atomic mass is 35.5. The Labute approximate surface area is 136 Å². The number of hydrogen-bond acceptors (Lipinski definition) is 2. The van der Waals surface area contributed by atoms with Crippen LogP contribution in [0.15, 0.2) is 42.5 Å². The van der Waals surface area contributed by atoms with E-state index in [1.54, 1.807) is 6.07 Å². The highest BCUT2D eigenvalue weighted by Crippen LogP contribution is 2.20. The predicted octanol–water partition coefficient (Wildman–Crippen LogP) is 4.08. The van der Waals surface area contributed by atoms with Gasteiger partial charge in [0.1, 0.15) is 0 Å². The number of benzene rings is 2. The fourth-order valence-corrected chi connectivity index (χ4v) is 2.37. The second-order valence-electron chi connectivity index (χ2n) is 5.42. The van der Waals surface area contributed by atoms with Crippen molar-refractivity contribution in [1.82, 2.24) is 5.32 Å². The molecule has 2 N–H and O–H groups in total. The molecular formula is C18H21ClN2O. The van der Waals surface area contributed by atoms with Crippen molar-refractivity contribution in [3.05, 3.63) is 64.2 Å². The summed E-state index contributed by atoms with van der Waals surface area (Å²) in [6.45, 7) is 5.43. The van der Waals surface area contributed by atoms with Crippen molar-refractivity contribution in [2.75, 3.05) is 11.9 Å². The molecule has 1 amide bonds. The average Bonchev–Trinajstić information content (AvgIpc) is 2.48. The molecule has 4 heteroatoms. The number of carbonyl (C=O) groups is 1. The number of nitrogens with one attached hydrogen (secondary N) is 2. The lowest BCUT2D eigenvalue weighted by molar-refractivity contribution is -0.116. The zero-order valence-electron chi connectivity index (χ0n) is 12.9. The molecule has 0 aromatic heterocycles. The summed E-state index contributed by atoms with van der Waals surface area (Å²) in [4.78, 5) is 11.9. The van der Waals surface area contributed by atoms with Gasteiger partial charge in [0.2, 0.25) is 5.91 Å². The van der Waals surface area contributed by atoms with Crippen LogP contribution in [0.1, 0.15) is 23.1 Å². The van der Waals surface area contributed by atoms with Crippen LogP contribution in [0.4, 0.5) is 5.69 Å². The summed E-state index contributed by atoms with van der Waals surface area (Å²) in [5.74, 6) is -0.0119. The SMILES string of the molecule is Cc1cccc(CNCCC(=O)Nc2cc(Cl)ccc2C)c1. The summed E-state index contributed by atoms with van der Waals surface area (Å²) in [5.41, 5.74) is 4.25. The molecule has 0 unspecified atom stereocenters. The maximum atomic E-state index is 11.9. The van der Waals surface area contributed by atoms with E-state index in [2.05, 4.69) is 35.8 Å². The van der Waals surface area contributed by atoms with E-state index in [9.17, 15) is 4.79 Å². The molecule has 0 heterocycles. The average molecular weight is 317 g/mol. The Morgan fingerprint density at radius 2 is 1.95 bits per heavy atom. The van der Waals surface area contributed by atoms with Gasteiger partial charge in [-0.25, -0.2) is 0 Å². The third-order valence-electron chi connectivity index (χ3n) is 3.41. The Morgan fingerprint density at radius 1 is 1.14 bits per heavy atom. The van der Waals surface area contributed by atoms with Crippen LogP contribution in [0, 0.1) is 13.8 Å². The molecule has 0 saturated heterocycles. The van der Waals surface area contributed by atoms with Crippen LogP contribution in [-0.2, 0) is 11.3 Å². The predicted molar refractivity (Wildman–Crippen MR) is 92.3 cm³/mol. The zero-order chi connectivity index (χ0) is 15.9. The third-order valence-corrected chi connectivity index (χ3v) is 3.65. The van der Waals surface area contributed by atoms with Crippen molar-refractivity contribution in [3.8, 4) is 0 Å². The Balaban J connectivity index is 1.75. The van der Waals surface area contributed by atoms with Gasteiger partial charge in [-0.15, -0.1) is 0 Å². The minimum Gasteiger partial charge on any atom is -0.326 e. The first-order chi connectivity index (χ1) is 10.5. The van der Waals surface area contributed by atoms with Gasteiger partial charge in [-0.2, -0.15) is 0 Å². The molecule has 0 aliphatic heterocycles. The summed E-state index contributed by atoms with van der Waals surface area (Å²) in [6.07, 6.45) is 0.428. The van der Waals surface area contributed by atoms with Crippen molar-refractivity contribution >= 4 is 23.2 Å². The number of halogens is 1. The summed E-state index contributed by atoms with van der Waals surface area (Å²) in [7, 11) is 0. The zero-order valence-corrected chi connectivity index (χ0v) is 13.7. The summed E-state index contributed by atoms with van der Waals surface area (Å²) < 4.78 is 0. The van der Waals surface area contributed by atoms with Gasteiger partial charge in [0.15, 0.2) is 0 Å². The van der Waals surface area contributed by atoms with E-state index in [0.717, 1.165) is 17.8 Å². The van der Waals surface area contributed by atoms with Gasteiger partial charge in [-0.1, -0.05) is 47.5 Å². The van der Waals surface area contributed by atoms with Crippen LogP contribution >= 0.6 is 11.6 Å². The Hall–Kier alpha value is -1.84. The van der Waals surface area contributed by atoms with Crippen LogP contribution in [-0.4, -0.2) is 12.5 Å². The molecule has 0 saturated carbocycles. The molecule has 0 radical (unpaired) electrons. The van der Waals surface area contributed by atoms with Crippen molar-refractivity contribution in [3.63, 3.8) is 0 Å². The van der Waals surface area contributed by atoms with Gasteiger partial charge in [0, 0.05) is 30.2 Å². The highest BCUT2D eigenvalue weighted by Gasteiger charge is 2.05. The van der Waals surface area contributed by atoms with Crippen LogP contribution in [0.25, 0.3) is 0 Å². The maximum Gasteiger partial charge on any atom is 0.225 e. The highest BCUT2D eigenvalue weighted by molar-refractivity contribution is 6.31. The number of rotatable bonds is 6. The van der Waals surface area contributed by atoms with Crippen LogP contribution in [0.3, 0.4) is 0 Å². The molecule has 0 atom stereocenters. The van der Waals surface area contributed by atoms with E-state index in [1.807, 2.05) is 25.1 Å². The third kappa shape index (κ3) is 5.17. The molecule has 0 spiro atoms. The van der Waals surface area contributed by atoms with E-state index in [4.69, 9.17) is 11.6 Å². The number of amides is 1. The van der Waals surface area contributed by atoms with Gasteiger partial charge in [0.25, 0.3) is 0 Å². The summed E-state index contributed by atoms with van der Waals surface area (Å²) in [6, 6.07) is 13.8. The van der Waals surface area contributed by atoms with Crippen LogP contribution < -0.4 is 10.6 Å². The van der Waals surface area contributed by atoms with Crippen LogP contribution in [0.5, 0.6) is 0 Å². The number of hydrogen-bond donors (Lipinski definition) is 2. The fraction of sp³-hybridized carbons (Fsp3) is 0.278. The molecule has 22 heavy (non-hydrogen) atoms. The van der Waals surface area contributed by atoms with Crippen molar-refractivity contribution in [1.29, 1.82) is 0 Å². The smallest absolute Gasteiger partial charge is 0.225 e. The molecule has 0 bridgehead atoms. The van der Waals surface area contributed by atoms with Gasteiger partial charge < -0.3 is 10.6 Å². The normalized spacial score (nSPS) is 10.5. The Bertz CT molecular complexity index is 655. The number of aryl methyl sites for hydroxylation is 2. The molecule has 0 aliphatic rings.